The standard InChI is InChI=1S/C17H23N3O9/c1-17(2,3)29-16(23)19-10(14(21)26-4)9-12(15(22)27-5)28-11-7-6-8-18-13(11)20(24)25/h6-8,10,12H,9H2,1-5H3,(H,19,23)/t10-,12-/m0/s1. The molecule has 1 amide bonds. The molecular formula is C17H23N3O9. The zero-order valence-corrected chi connectivity index (χ0v) is 16.7. The van der Waals surface area contributed by atoms with E-state index in [2.05, 4.69) is 19.8 Å². The van der Waals surface area contributed by atoms with E-state index in [-0.39, 0.29) is 5.75 Å². The van der Waals surface area contributed by atoms with E-state index in [0.29, 0.717) is 0 Å². The first kappa shape index (κ1) is 23.6. The molecule has 160 valence electrons. The number of methoxy groups -OCH3 is 2. The fourth-order valence-corrected chi connectivity index (χ4v) is 2.11. The minimum atomic E-state index is -1.48. The molecule has 0 aliphatic heterocycles. The van der Waals surface area contributed by atoms with Crippen molar-refractivity contribution < 1.29 is 38.3 Å². The third-order valence-corrected chi connectivity index (χ3v) is 3.28. The number of nitro groups is 1. The van der Waals surface area contributed by atoms with Crippen molar-refractivity contribution in [3.8, 4) is 5.75 Å². The monoisotopic (exact) mass is 413 g/mol. The second kappa shape index (κ2) is 10.2. The molecule has 0 bridgehead atoms. The summed E-state index contributed by atoms with van der Waals surface area (Å²) in [4.78, 5) is 50.1. The number of pyridine rings is 1. The Morgan fingerprint density at radius 2 is 1.83 bits per heavy atom. The van der Waals surface area contributed by atoms with Crippen LogP contribution in [0.5, 0.6) is 5.75 Å². The summed E-state index contributed by atoms with van der Waals surface area (Å²) in [5.41, 5.74) is -0.834. The number of ether oxygens (including phenoxy) is 4. The fraction of sp³-hybridized carbons (Fsp3) is 0.529. The van der Waals surface area contributed by atoms with Crippen molar-refractivity contribution in [1.82, 2.24) is 10.3 Å². The number of hydrogen-bond donors (Lipinski definition) is 1. The number of nitrogens with one attached hydrogen (secondary N) is 1. The molecule has 0 fully saturated rings. The Kier molecular flexibility index (Phi) is 8.30. The molecule has 0 aromatic carbocycles. The second-order valence-electron chi connectivity index (χ2n) is 6.67. The maximum absolute atomic E-state index is 12.1. The van der Waals surface area contributed by atoms with E-state index in [1.54, 1.807) is 20.8 Å². The first-order valence-electron chi connectivity index (χ1n) is 8.39. The predicted molar refractivity (Wildman–Crippen MR) is 97.1 cm³/mol. The number of amides is 1. The maximum atomic E-state index is 12.1. The summed E-state index contributed by atoms with van der Waals surface area (Å²) in [6, 6.07) is 1.25. The van der Waals surface area contributed by atoms with Gasteiger partial charge in [-0.1, -0.05) is 0 Å². The van der Waals surface area contributed by atoms with Gasteiger partial charge in [-0.15, -0.1) is 0 Å². The number of hydrogen-bond acceptors (Lipinski definition) is 10. The van der Waals surface area contributed by atoms with Crippen LogP contribution in [0.1, 0.15) is 27.2 Å². The number of carbonyl (C=O) groups is 3. The molecule has 1 rings (SSSR count). The molecular weight excluding hydrogens is 390 g/mol. The lowest BCUT2D eigenvalue weighted by molar-refractivity contribution is -0.390. The van der Waals surface area contributed by atoms with E-state index in [0.717, 1.165) is 14.2 Å². The average Bonchev–Trinajstić information content (AvgIpc) is 2.64. The second-order valence-corrected chi connectivity index (χ2v) is 6.67. The summed E-state index contributed by atoms with van der Waals surface area (Å²) in [5, 5.41) is 13.4. The van der Waals surface area contributed by atoms with Crippen LogP contribution < -0.4 is 10.1 Å². The normalized spacial score (nSPS) is 12.9. The van der Waals surface area contributed by atoms with Crippen LogP contribution in [-0.2, 0) is 23.8 Å². The van der Waals surface area contributed by atoms with E-state index >= 15 is 0 Å². The molecule has 12 heteroatoms. The first-order valence-corrected chi connectivity index (χ1v) is 8.39. The number of nitrogens with zero attached hydrogens (tertiary/aromatic N) is 2. The molecule has 0 radical (unpaired) electrons. The van der Waals surface area contributed by atoms with Crippen molar-refractivity contribution in [2.24, 2.45) is 0 Å². The van der Waals surface area contributed by atoms with Gasteiger partial charge >= 0.3 is 23.8 Å². The molecule has 1 aromatic heterocycles. The van der Waals surface area contributed by atoms with Gasteiger partial charge in [0.05, 0.1) is 14.2 Å². The van der Waals surface area contributed by atoms with Gasteiger partial charge in [0, 0.05) is 6.42 Å². The fourth-order valence-electron chi connectivity index (χ4n) is 2.11. The zero-order chi connectivity index (χ0) is 22.2. The number of alkyl carbamates (subject to hydrolysis) is 1. The zero-order valence-electron chi connectivity index (χ0n) is 16.7. The molecule has 29 heavy (non-hydrogen) atoms. The van der Waals surface area contributed by atoms with Gasteiger partial charge in [-0.05, 0) is 42.8 Å². The van der Waals surface area contributed by atoms with Crippen LogP contribution in [0.25, 0.3) is 0 Å². The topological polar surface area (TPSA) is 156 Å². The van der Waals surface area contributed by atoms with Crippen LogP contribution in [0.15, 0.2) is 18.3 Å². The summed E-state index contributed by atoms with van der Waals surface area (Å²) in [7, 11) is 2.16. The maximum Gasteiger partial charge on any atom is 0.408 e. The predicted octanol–water partition coefficient (Wildman–Crippen LogP) is 1.37. The van der Waals surface area contributed by atoms with Gasteiger partial charge in [0.15, 0.2) is 6.10 Å². The van der Waals surface area contributed by atoms with Crippen LogP contribution in [0.3, 0.4) is 0 Å². The Balaban J connectivity index is 3.09. The van der Waals surface area contributed by atoms with Crippen molar-refractivity contribution in [3.05, 3.63) is 28.4 Å². The number of esters is 2. The van der Waals surface area contributed by atoms with Gasteiger partial charge in [0.25, 0.3) is 0 Å². The van der Waals surface area contributed by atoms with Crippen LogP contribution in [0.2, 0.25) is 0 Å². The lowest BCUT2D eigenvalue weighted by Crippen LogP contribution is -2.47. The Morgan fingerprint density at radius 3 is 2.34 bits per heavy atom. The van der Waals surface area contributed by atoms with Crippen LogP contribution >= 0.6 is 0 Å². The molecule has 0 unspecified atom stereocenters. The third-order valence-electron chi connectivity index (χ3n) is 3.28. The molecule has 0 saturated carbocycles. The summed E-state index contributed by atoms with van der Waals surface area (Å²) in [5.74, 6) is -2.75. The largest absolute Gasteiger partial charge is 0.470 e. The van der Waals surface area contributed by atoms with Crippen LogP contribution in [0.4, 0.5) is 10.6 Å². The van der Waals surface area contributed by atoms with Crippen molar-refractivity contribution in [3.63, 3.8) is 0 Å². The summed E-state index contributed by atoms with van der Waals surface area (Å²) in [6.45, 7) is 4.88. The summed E-state index contributed by atoms with van der Waals surface area (Å²) < 4.78 is 19.7. The Bertz CT molecular complexity index is 761. The molecule has 2 atom stereocenters. The number of aromatic nitrogens is 1. The van der Waals surface area contributed by atoms with Gasteiger partial charge < -0.3 is 34.4 Å². The molecule has 1 aromatic rings. The first-order chi connectivity index (χ1) is 13.5. The lowest BCUT2D eigenvalue weighted by atomic mass is 10.1. The Labute approximate surface area is 166 Å². The van der Waals surface area contributed by atoms with E-state index in [1.807, 2.05) is 0 Å². The van der Waals surface area contributed by atoms with Crippen LogP contribution in [-0.4, -0.2) is 59.9 Å². The van der Waals surface area contributed by atoms with Crippen molar-refractivity contribution in [1.29, 1.82) is 0 Å². The molecule has 0 saturated heterocycles. The molecule has 12 nitrogen and oxygen atoms in total. The van der Waals surface area contributed by atoms with Crippen molar-refractivity contribution in [2.75, 3.05) is 14.2 Å². The smallest absolute Gasteiger partial charge is 0.408 e. The highest BCUT2D eigenvalue weighted by Gasteiger charge is 2.34. The molecule has 0 spiro atoms. The van der Waals surface area contributed by atoms with Gasteiger partial charge in [-0.25, -0.2) is 14.4 Å². The van der Waals surface area contributed by atoms with Gasteiger partial charge in [-0.2, -0.15) is 0 Å². The minimum absolute atomic E-state index is 0.311. The molecule has 0 aliphatic carbocycles. The molecule has 1 N–H and O–H groups in total. The lowest BCUT2D eigenvalue weighted by Gasteiger charge is -2.24. The summed E-state index contributed by atoms with van der Waals surface area (Å²) >= 11 is 0. The SMILES string of the molecule is COC(=O)[C@H](C[C@H](Oc1cccnc1[N+](=O)[O-])C(=O)OC)NC(=O)OC(C)(C)C. The molecule has 1 heterocycles. The van der Waals surface area contributed by atoms with Crippen molar-refractivity contribution in [2.45, 2.75) is 44.9 Å². The number of carbonyl (C=O) groups excluding carboxylic acids is 3. The van der Waals surface area contributed by atoms with E-state index in [4.69, 9.17) is 9.47 Å². The summed E-state index contributed by atoms with van der Waals surface area (Å²) in [6.07, 6.45) is -1.67. The van der Waals surface area contributed by atoms with Gasteiger partial charge in [0.1, 0.15) is 17.8 Å². The Hall–Kier alpha value is -3.44. The van der Waals surface area contributed by atoms with E-state index < -0.39 is 52.9 Å². The van der Waals surface area contributed by atoms with Gasteiger partial charge in [-0.3, -0.25) is 0 Å². The highest BCUT2D eigenvalue weighted by Crippen LogP contribution is 2.25. The average molecular weight is 413 g/mol. The molecule has 0 aliphatic rings. The highest BCUT2D eigenvalue weighted by molar-refractivity contribution is 5.83. The van der Waals surface area contributed by atoms with Gasteiger partial charge in [0.2, 0.25) is 5.75 Å². The number of rotatable bonds is 8. The van der Waals surface area contributed by atoms with Crippen molar-refractivity contribution >= 4 is 23.8 Å². The quantitative estimate of drug-likeness (QED) is 0.286. The Morgan fingerprint density at radius 1 is 1.21 bits per heavy atom. The minimum Gasteiger partial charge on any atom is -0.470 e. The van der Waals surface area contributed by atoms with E-state index in [9.17, 15) is 24.5 Å². The van der Waals surface area contributed by atoms with Crippen LogP contribution in [0, 0.1) is 10.1 Å². The highest BCUT2D eigenvalue weighted by atomic mass is 16.6. The van der Waals surface area contributed by atoms with E-state index in [1.165, 1.54) is 18.3 Å². The third kappa shape index (κ3) is 7.60.